The van der Waals surface area contributed by atoms with E-state index < -0.39 is 10.5 Å². The largest absolute Gasteiger partial charge is 1.00 e. The quantitative estimate of drug-likeness (QED) is 0.512. The van der Waals surface area contributed by atoms with Crippen LogP contribution >= 0.6 is 34.8 Å². The van der Waals surface area contributed by atoms with Crippen LogP contribution in [0.2, 0.25) is 0 Å². The van der Waals surface area contributed by atoms with E-state index in [2.05, 4.69) is 0 Å². The average molecular weight is 288 g/mol. The molecule has 1 rings (SSSR count). The number of rotatable bonds is 0. The third-order valence-corrected chi connectivity index (χ3v) is 1.50. The molecule has 0 saturated heterocycles. The Morgan fingerprint density at radius 1 is 1.00 bits per heavy atom. The van der Waals surface area contributed by atoms with Crippen molar-refractivity contribution < 1.29 is 44.6 Å². The first-order valence-corrected chi connectivity index (χ1v) is 5.60. The topological polar surface area (TPSA) is 60.4 Å². The molecule has 1 saturated carbocycles. The minimum Gasteiger partial charge on any atom is -0.565 e. The Labute approximate surface area is 127 Å². The summed E-state index contributed by atoms with van der Waals surface area (Å²) in [5.74, 6) is 0. The second-order valence-corrected chi connectivity index (χ2v) is 4.61. The van der Waals surface area contributed by atoms with Crippen molar-refractivity contribution in [1.29, 1.82) is 0 Å². The van der Waals surface area contributed by atoms with Crippen LogP contribution in [0.3, 0.4) is 0 Å². The summed E-state index contributed by atoms with van der Waals surface area (Å²) in [4.78, 5) is 8.44. The van der Waals surface area contributed by atoms with E-state index in [0.29, 0.717) is 0 Å². The molecular formula is C8H14Cl3NaO3. The molecule has 0 unspecified atom stereocenters. The van der Waals surface area contributed by atoms with Gasteiger partial charge in [0.1, 0.15) is 0 Å². The molecule has 0 radical (unpaired) electrons. The molecule has 1 N–H and O–H groups in total. The van der Waals surface area contributed by atoms with Crippen LogP contribution in [0.5, 0.6) is 0 Å². The average Bonchev–Trinajstić information content (AvgIpc) is 2.05. The number of carboxylic acid groups (broad SMARTS) is 2. The normalized spacial score (nSPS) is 13.6. The van der Waals surface area contributed by atoms with Gasteiger partial charge in [0, 0.05) is 0 Å². The second kappa shape index (κ2) is 17.5. The Morgan fingerprint density at radius 2 is 1.07 bits per heavy atom. The van der Waals surface area contributed by atoms with Gasteiger partial charge in [-0.25, -0.2) is 0 Å². The summed E-state index contributed by atoms with van der Waals surface area (Å²) in [7, 11) is 0. The van der Waals surface area contributed by atoms with Crippen molar-refractivity contribution in [3.05, 3.63) is 0 Å². The Kier molecular flexibility index (Phi) is 25.0. The van der Waals surface area contributed by atoms with Crippen LogP contribution in [0.15, 0.2) is 0 Å². The van der Waals surface area contributed by atoms with Crippen LogP contribution < -0.4 is 34.7 Å². The van der Waals surface area contributed by atoms with Crippen LogP contribution in [0.25, 0.3) is 0 Å². The van der Waals surface area contributed by atoms with Crippen LogP contribution in [0, 0.1) is 0 Å². The third-order valence-electron chi connectivity index (χ3n) is 1.50. The molecule has 0 aromatic rings. The van der Waals surface area contributed by atoms with Crippen LogP contribution in [0.4, 0.5) is 4.79 Å². The zero-order chi connectivity index (χ0) is 11.4. The van der Waals surface area contributed by atoms with Gasteiger partial charge in [-0.1, -0.05) is 73.3 Å². The number of halogens is 3. The second-order valence-electron chi connectivity index (χ2n) is 2.63. The van der Waals surface area contributed by atoms with Gasteiger partial charge in [0.15, 0.2) is 4.30 Å². The fraction of sp³-hybridized carbons (Fsp3) is 0.875. The monoisotopic (exact) mass is 286 g/mol. The Balaban J connectivity index is -0.000000145. The molecule has 0 aliphatic heterocycles. The van der Waals surface area contributed by atoms with Gasteiger partial charge < -0.3 is 15.0 Å². The van der Waals surface area contributed by atoms with E-state index >= 15 is 0 Å². The summed E-state index contributed by atoms with van der Waals surface area (Å²) < 4.78 is -0.750. The summed E-state index contributed by atoms with van der Waals surface area (Å²) in [5.41, 5.74) is 0. The Morgan fingerprint density at radius 3 is 1.13 bits per heavy atom. The fourth-order valence-electron chi connectivity index (χ4n) is 1.06. The van der Waals surface area contributed by atoms with Gasteiger partial charge in [-0.05, 0) is 0 Å². The van der Waals surface area contributed by atoms with E-state index in [1.807, 2.05) is 0 Å². The van der Waals surface area contributed by atoms with Crippen molar-refractivity contribution in [2.75, 3.05) is 0 Å². The minimum atomic E-state index is -2.08. The van der Waals surface area contributed by atoms with Gasteiger partial charge in [0.05, 0.1) is 0 Å². The van der Waals surface area contributed by atoms with Gasteiger partial charge in [-0.15, -0.1) is 0 Å². The van der Waals surface area contributed by atoms with Crippen LogP contribution in [-0.4, -0.2) is 15.6 Å². The molecule has 1 aliphatic carbocycles. The Bertz CT molecular complexity index is 114. The van der Waals surface area contributed by atoms with E-state index in [9.17, 15) is 0 Å². The maximum atomic E-state index is 8.44. The fourth-order valence-corrected chi connectivity index (χ4v) is 1.06. The van der Waals surface area contributed by atoms with Crippen LogP contribution in [0.1, 0.15) is 38.5 Å². The predicted octanol–water partition coefficient (Wildman–Crippen LogP) is 0.219. The summed E-state index contributed by atoms with van der Waals surface area (Å²) in [5, 5.41) is 15.3. The van der Waals surface area contributed by atoms with E-state index in [0.717, 1.165) is 0 Å². The first-order valence-electron chi connectivity index (χ1n) is 4.29. The van der Waals surface area contributed by atoms with E-state index in [-0.39, 0.29) is 29.6 Å². The van der Waals surface area contributed by atoms with Crippen molar-refractivity contribution in [2.45, 2.75) is 42.8 Å². The van der Waals surface area contributed by atoms with Gasteiger partial charge in [-0.3, -0.25) is 0 Å². The molecule has 0 aromatic heterocycles. The first-order chi connectivity index (χ1) is 6.46. The molecule has 0 bridgehead atoms. The van der Waals surface area contributed by atoms with Crippen molar-refractivity contribution in [3.63, 3.8) is 0 Å². The van der Waals surface area contributed by atoms with Gasteiger partial charge in [0.25, 0.3) is 0 Å². The van der Waals surface area contributed by atoms with Crippen LogP contribution in [-0.2, 0) is 0 Å². The molecule has 0 atom stereocenters. The molecule has 1 aliphatic rings. The predicted molar refractivity (Wildman–Crippen MR) is 57.1 cm³/mol. The molecule has 1 fully saturated rings. The third kappa shape index (κ3) is 51.3. The molecule has 0 heterocycles. The minimum absolute atomic E-state index is 0. The molecule has 3 nitrogen and oxygen atoms in total. The maximum absolute atomic E-state index is 8.44. The van der Waals surface area contributed by atoms with E-state index in [4.69, 9.17) is 49.8 Å². The van der Waals surface area contributed by atoms with Gasteiger partial charge >= 0.3 is 29.6 Å². The van der Waals surface area contributed by atoms with Crippen molar-refractivity contribution in [2.24, 2.45) is 0 Å². The summed E-state index contributed by atoms with van der Waals surface area (Å²) in [6.07, 6.45) is 6.92. The maximum Gasteiger partial charge on any atom is 1.00 e. The summed E-state index contributed by atoms with van der Waals surface area (Å²) >= 11 is 14.4. The number of alkyl halides is 3. The standard InChI is InChI=1S/C6H12.CHCl3.CH2O3.Na/c1-2-4-6-5-3-1;2*2-1(3)4;/h1-6H2;1H;(H2,2,3,4);/q;;;+1/p-1. The molecule has 0 spiro atoms. The Hall–Kier alpha value is 1.14. The van der Waals surface area contributed by atoms with Crippen molar-refractivity contribution >= 4 is 41.0 Å². The van der Waals surface area contributed by atoms with Gasteiger partial charge in [0.2, 0.25) is 6.16 Å². The molecule has 15 heavy (non-hydrogen) atoms. The van der Waals surface area contributed by atoms with Crippen molar-refractivity contribution in [3.8, 4) is 0 Å². The van der Waals surface area contributed by atoms with E-state index in [1.165, 1.54) is 38.5 Å². The summed E-state index contributed by atoms with van der Waals surface area (Å²) in [6.45, 7) is 0. The number of hydrogen-bond acceptors (Lipinski definition) is 2. The molecule has 0 amide bonds. The molecule has 7 heteroatoms. The smallest absolute Gasteiger partial charge is 0.565 e. The number of carbonyl (C=O) groups is 1. The zero-order valence-corrected chi connectivity index (χ0v) is 13.0. The van der Waals surface area contributed by atoms with E-state index in [1.54, 1.807) is 0 Å². The SMILES string of the molecule is C1CCCCC1.ClC(Cl)Cl.O=C([O-])O.[Na+]. The number of hydrogen-bond donors (Lipinski definition) is 1. The van der Waals surface area contributed by atoms with Gasteiger partial charge in [-0.2, -0.15) is 0 Å². The molecular weight excluding hydrogens is 273 g/mol. The van der Waals surface area contributed by atoms with Crippen molar-refractivity contribution in [1.82, 2.24) is 0 Å². The zero-order valence-electron chi connectivity index (χ0n) is 8.72. The first kappa shape index (κ1) is 21.4. The molecule has 86 valence electrons. The summed E-state index contributed by atoms with van der Waals surface area (Å²) in [6, 6.07) is 0. The molecule has 0 aromatic carbocycles.